The number of hydrogen-bond acceptors (Lipinski definition) is 9. The lowest BCUT2D eigenvalue weighted by atomic mass is 9.89. The van der Waals surface area contributed by atoms with Gasteiger partial charge in [-0.2, -0.15) is 0 Å². The van der Waals surface area contributed by atoms with Crippen LogP contribution in [-0.4, -0.2) is 54.9 Å². The highest BCUT2D eigenvalue weighted by Crippen LogP contribution is 2.38. The number of ether oxygens (including phenoxy) is 5. The molecule has 3 rings (SSSR count). The van der Waals surface area contributed by atoms with Gasteiger partial charge in [-0.05, 0) is 23.1 Å². The SMILES string of the molecule is CC(=O)OC[C@H]1O[C@@H](c2cccc(Cc3ccccc3)c2)[C@H](OC(C)=O)[C@@H](OC(C)=O)[C@@H]1OC(C)=O. The highest BCUT2D eigenvalue weighted by molar-refractivity contribution is 5.68. The summed E-state index contributed by atoms with van der Waals surface area (Å²) in [6.07, 6.45) is -4.75. The molecule has 1 aliphatic rings. The number of rotatable bonds is 8. The Balaban J connectivity index is 2.02. The van der Waals surface area contributed by atoms with Crippen LogP contribution in [0.3, 0.4) is 0 Å². The highest BCUT2D eigenvalue weighted by atomic mass is 16.7. The van der Waals surface area contributed by atoms with E-state index in [1.807, 2.05) is 48.5 Å². The maximum Gasteiger partial charge on any atom is 0.303 e. The van der Waals surface area contributed by atoms with Gasteiger partial charge < -0.3 is 23.7 Å². The topological polar surface area (TPSA) is 114 Å². The van der Waals surface area contributed by atoms with Crippen LogP contribution in [0, 0.1) is 0 Å². The molecule has 1 heterocycles. The van der Waals surface area contributed by atoms with Crippen LogP contribution in [0.15, 0.2) is 54.6 Å². The fraction of sp³-hybridized carbons (Fsp3) is 0.407. The second-order valence-electron chi connectivity index (χ2n) is 8.53. The standard InChI is InChI=1S/C27H30O9/c1-16(28)32-15-23-25(33-17(2)29)27(35-19(4)31)26(34-18(3)30)24(36-23)22-12-8-11-21(14-22)13-20-9-6-5-7-10-20/h5-12,14,23-27H,13,15H2,1-4H3/t23-,24+,25-,26+,27+/m1/s1. The third kappa shape index (κ3) is 7.39. The van der Waals surface area contributed by atoms with E-state index in [1.165, 1.54) is 27.7 Å². The van der Waals surface area contributed by atoms with Crippen LogP contribution in [0.2, 0.25) is 0 Å². The van der Waals surface area contributed by atoms with Gasteiger partial charge in [0.25, 0.3) is 0 Å². The summed E-state index contributed by atoms with van der Waals surface area (Å²) in [5.74, 6) is -2.53. The summed E-state index contributed by atoms with van der Waals surface area (Å²) >= 11 is 0. The van der Waals surface area contributed by atoms with Gasteiger partial charge in [-0.25, -0.2) is 0 Å². The first kappa shape index (κ1) is 26.9. The van der Waals surface area contributed by atoms with Gasteiger partial charge in [0, 0.05) is 27.7 Å². The average Bonchev–Trinajstić information content (AvgIpc) is 2.80. The van der Waals surface area contributed by atoms with E-state index in [0.29, 0.717) is 12.0 Å². The molecular formula is C27H30O9. The fourth-order valence-electron chi connectivity index (χ4n) is 4.21. The normalized spacial score (nSPS) is 23.3. The summed E-state index contributed by atoms with van der Waals surface area (Å²) in [7, 11) is 0. The first-order valence-electron chi connectivity index (χ1n) is 11.6. The van der Waals surface area contributed by atoms with Crippen molar-refractivity contribution in [2.75, 3.05) is 6.61 Å². The Bertz CT molecular complexity index is 1080. The zero-order valence-corrected chi connectivity index (χ0v) is 20.7. The lowest BCUT2D eigenvalue weighted by Gasteiger charge is -2.44. The molecule has 192 valence electrons. The molecule has 36 heavy (non-hydrogen) atoms. The van der Waals surface area contributed by atoms with Crippen molar-refractivity contribution >= 4 is 23.9 Å². The minimum Gasteiger partial charge on any atom is -0.463 e. The Morgan fingerprint density at radius 1 is 0.694 bits per heavy atom. The Morgan fingerprint density at radius 2 is 1.28 bits per heavy atom. The van der Waals surface area contributed by atoms with Gasteiger partial charge in [0.15, 0.2) is 18.3 Å². The zero-order valence-electron chi connectivity index (χ0n) is 20.7. The molecule has 1 fully saturated rings. The molecule has 0 saturated carbocycles. The van der Waals surface area contributed by atoms with Crippen LogP contribution in [0.5, 0.6) is 0 Å². The molecule has 0 amide bonds. The van der Waals surface area contributed by atoms with E-state index >= 15 is 0 Å². The first-order valence-corrected chi connectivity index (χ1v) is 11.6. The second-order valence-corrected chi connectivity index (χ2v) is 8.53. The van der Waals surface area contributed by atoms with E-state index in [1.54, 1.807) is 6.07 Å². The van der Waals surface area contributed by atoms with Crippen LogP contribution in [0.1, 0.15) is 50.5 Å². The van der Waals surface area contributed by atoms with E-state index in [9.17, 15) is 19.2 Å². The molecule has 2 aromatic rings. The largest absolute Gasteiger partial charge is 0.463 e. The van der Waals surface area contributed by atoms with Crippen LogP contribution < -0.4 is 0 Å². The second kappa shape index (κ2) is 12.3. The van der Waals surface area contributed by atoms with E-state index < -0.39 is 54.4 Å². The lowest BCUT2D eigenvalue weighted by Crippen LogP contribution is -2.59. The summed E-state index contributed by atoms with van der Waals surface area (Å²) in [4.78, 5) is 47.5. The quantitative estimate of drug-likeness (QED) is 0.400. The molecule has 0 N–H and O–H groups in total. The minimum absolute atomic E-state index is 0.266. The summed E-state index contributed by atoms with van der Waals surface area (Å²) in [6.45, 7) is 4.58. The third-order valence-electron chi connectivity index (χ3n) is 5.52. The molecule has 2 aromatic carbocycles. The van der Waals surface area contributed by atoms with Gasteiger partial charge in [0.05, 0.1) is 0 Å². The van der Waals surface area contributed by atoms with Crippen molar-refractivity contribution < 1.29 is 42.9 Å². The van der Waals surface area contributed by atoms with E-state index in [4.69, 9.17) is 23.7 Å². The molecule has 0 aliphatic carbocycles. The molecule has 0 bridgehead atoms. The van der Waals surface area contributed by atoms with Gasteiger partial charge in [0.1, 0.15) is 18.8 Å². The maximum atomic E-state index is 12.1. The van der Waals surface area contributed by atoms with Crippen molar-refractivity contribution in [3.63, 3.8) is 0 Å². The fourth-order valence-corrected chi connectivity index (χ4v) is 4.21. The summed E-state index contributed by atoms with van der Waals surface area (Å²) in [5, 5.41) is 0. The van der Waals surface area contributed by atoms with Gasteiger partial charge in [0.2, 0.25) is 0 Å². The molecule has 0 aromatic heterocycles. The van der Waals surface area contributed by atoms with Crippen molar-refractivity contribution in [3.8, 4) is 0 Å². The van der Waals surface area contributed by atoms with Crippen LogP contribution >= 0.6 is 0 Å². The molecule has 9 nitrogen and oxygen atoms in total. The van der Waals surface area contributed by atoms with Crippen LogP contribution in [0.4, 0.5) is 0 Å². The number of carbonyl (C=O) groups is 4. The van der Waals surface area contributed by atoms with Crippen molar-refractivity contribution in [1.29, 1.82) is 0 Å². The van der Waals surface area contributed by atoms with E-state index in [0.717, 1.165) is 11.1 Å². The van der Waals surface area contributed by atoms with Crippen molar-refractivity contribution in [2.45, 2.75) is 64.6 Å². The van der Waals surface area contributed by atoms with Crippen LogP contribution in [0.25, 0.3) is 0 Å². The molecule has 0 unspecified atom stereocenters. The molecule has 1 saturated heterocycles. The monoisotopic (exact) mass is 498 g/mol. The molecule has 5 atom stereocenters. The number of hydrogen-bond donors (Lipinski definition) is 0. The predicted molar refractivity (Wildman–Crippen MR) is 127 cm³/mol. The van der Waals surface area contributed by atoms with E-state index in [-0.39, 0.29) is 6.61 Å². The average molecular weight is 499 g/mol. The summed E-state index contributed by atoms with van der Waals surface area (Å²) in [5.41, 5.74) is 2.74. The molecule has 0 spiro atoms. The van der Waals surface area contributed by atoms with Gasteiger partial charge in [-0.3, -0.25) is 19.2 Å². The Hall–Kier alpha value is -3.72. The maximum absolute atomic E-state index is 12.1. The number of esters is 4. The van der Waals surface area contributed by atoms with Gasteiger partial charge in [-0.1, -0.05) is 54.6 Å². The molecule has 9 heteroatoms. The van der Waals surface area contributed by atoms with Crippen LogP contribution in [-0.2, 0) is 49.3 Å². The van der Waals surface area contributed by atoms with E-state index in [2.05, 4.69) is 0 Å². The van der Waals surface area contributed by atoms with Crippen molar-refractivity contribution in [1.82, 2.24) is 0 Å². The Morgan fingerprint density at radius 3 is 1.89 bits per heavy atom. The zero-order chi connectivity index (χ0) is 26.2. The summed E-state index contributed by atoms with van der Waals surface area (Å²) in [6, 6.07) is 17.4. The highest BCUT2D eigenvalue weighted by Gasteiger charge is 2.52. The van der Waals surface area contributed by atoms with Gasteiger partial charge >= 0.3 is 23.9 Å². The first-order chi connectivity index (χ1) is 17.1. The van der Waals surface area contributed by atoms with Gasteiger partial charge in [-0.15, -0.1) is 0 Å². The minimum atomic E-state index is -1.20. The van der Waals surface area contributed by atoms with Crippen molar-refractivity contribution in [3.05, 3.63) is 71.3 Å². The molecule has 0 radical (unpaired) electrons. The molecule has 1 aliphatic heterocycles. The third-order valence-corrected chi connectivity index (χ3v) is 5.52. The number of carbonyl (C=O) groups excluding carboxylic acids is 4. The lowest BCUT2D eigenvalue weighted by molar-refractivity contribution is -0.254. The molecular weight excluding hydrogens is 468 g/mol. The summed E-state index contributed by atoms with van der Waals surface area (Å²) < 4.78 is 27.9. The Labute approximate surface area is 209 Å². The number of benzene rings is 2. The van der Waals surface area contributed by atoms with Crippen molar-refractivity contribution in [2.24, 2.45) is 0 Å². The Kier molecular flexibility index (Phi) is 9.19. The smallest absolute Gasteiger partial charge is 0.303 e. The predicted octanol–water partition coefficient (Wildman–Crippen LogP) is 3.08.